The smallest absolute Gasteiger partial charge is 0.487 e. The highest BCUT2D eigenvalue weighted by Gasteiger charge is 2.41. The molecule has 3 atom stereocenters. The fourth-order valence-electron chi connectivity index (χ4n) is 4.49. The lowest BCUT2D eigenvalue weighted by atomic mass is 9.88. The van der Waals surface area contributed by atoms with Crippen molar-refractivity contribution >= 4 is 22.7 Å². The Morgan fingerprint density at radius 3 is 2.86 bits per heavy atom. The molecule has 3 heterocycles. The summed E-state index contributed by atoms with van der Waals surface area (Å²) < 4.78 is 27.5. The summed E-state index contributed by atoms with van der Waals surface area (Å²) in [6.45, 7) is 7.17. The van der Waals surface area contributed by atoms with Crippen LogP contribution in [0.25, 0.3) is 10.9 Å². The average molecular weight is 405 g/mol. The van der Waals surface area contributed by atoms with Crippen molar-refractivity contribution in [2.45, 2.75) is 38.8 Å². The molecule has 2 aromatic rings. The van der Waals surface area contributed by atoms with Crippen LogP contribution in [0.3, 0.4) is 0 Å². The summed E-state index contributed by atoms with van der Waals surface area (Å²) in [5.41, 5.74) is 6.00. The molecule has 9 heteroatoms. The summed E-state index contributed by atoms with van der Waals surface area (Å²) in [6.07, 6.45) is 0.617. The molecule has 1 aromatic heterocycles. The quantitative estimate of drug-likeness (QED) is 0.756. The van der Waals surface area contributed by atoms with Gasteiger partial charge in [0, 0.05) is 18.6 Å². The van der Waals surface area contributed by atoms with E-state index in [0.717, 1.165) is 12.5 Å². The van der Waals surface area contributed by atoms with Crippen LogP contribution in [0.2, 0.25) is 0 Å². The highest BCUT2D eigenvalue weighted by atomic mass is 19.1. The van der Waals surface area contributed by atoms with Crippen molar-refractivity contribution in [1.29, 1.82) is 0 Å². The van der Waals surface area contributed by atoms with Gasteiger partial charge in [-0.05, 0) is 32.3 Å². The van der Waals surface area contributed by atoms with Gasteiger partial charge in [-0.3, -0.25) is 4.79 Å². The molecule has 0 spiro atoms. The number of halogens is 1. The van der Waals surface area contributed by atoms with Gasteiger partial charge in [-0.2, -0.15) is 0 Å². The molecule has 1 fully saturated rings. The molecule has 0 saturated carbocycles. The van der Waals surface area contributed by atoms with Crippen molar-refractivity contribution in [3.05, 3.63) is 28.3 Å². The molecule has 1 saturated heterocycles. The standard InChI is InChI=1S/C20H24FN3O5/c1-4-11-6-23(9-20(11,3)22)16-13(21)5-12-15-18(16)28-8-10(2)24(15)7-14(17(12)25)29-19(26)27/h5,7,10-11H,4,6,8-9,22H2,1-3H3,(H,26,27)/t10-,11?,20?/m0/s1. The second-order valence-electron chi connectivity index (χ2n) is 8.18. The number of nitrogens with zero attached hydrogens (tertiary/aromatic N) is 2. The molecule has 29 heavy (non-hydrogen) atoms. The minimum absolute atomic E-state index is 0.0216. The van der Waals surface area contributed by atoms with E-state index in [1.165, 1.54) is 6.20 Å². The summed E-state index contributed by atoms with van der Waals surface area (Å²) in [5, 5.41) is 8.93. The molecule has 2 aliphatic rings. The van der Waals surface area contributed by atoms with Gasteiger partial charge >= 0.3 is 6.16 Å². The van der Waals surface area contributed by atoms with Gasteiger partial charge in [0.05, 0.1) is 23.1 Å². The molecule has 2 unspecified atom stereocenters. The Kier molecular flexibility index (Phi) is 4.45. The Morgan fingerprint density at radius 2 is 2.24 bits per heavy atom. The SMILES string of the molecule is CCC1CN(c2c(F)cc3c(=O)c(OC(=O)O)cn4c3c2OC[C@@H]4C)CC1(C)N. The molecule has 2 aliphatic heterocycles. The number of aromatic nitrogens is 1. The number of anilines is 1. The van der Waals surface area contributed by atoms with Gasteiger partial charge in [0.1, 0.15) is 12.3 Å². The van der Waals surface area contributed by atoms with Crippen LogP contribution in [0.5, 0.6) is 11.5 Å². The zero-order chi connectivity index (χ0) is 21.1. The van der Waals surface area contributed by atoms with E-state index < -0.39 is 22.9 Å². The van der Waals surface area contributed by atoms with Crippen molar-refractivity contribution < 1.29 is 23.8 Å². The Hall–Kier alpha value is -2.81. The minimum Gasteiger partial charge on any atom is -0.487 e. The maximum Gasteiger partial charge on any atom is 0.511 e. The van der Waals surface area contributed by atoms with Gasteiger partial charge in [0.2, 0.25) is 5.43 Å². The molecule has 4 rings (SSSR count). The van der Waals surface area contributed by atoms with Crippen molar-refractivity contribution in [3.8, 4) is 11.5 Å². The molecule has 8 nitrogen and oxygen atoms in total. The number of benzene rings is 1. The molecule has 0 radical (unpaired) electrons. The summed E-state index contributed by atoms with van der Waals surface area (Å²) >= 11 is 0. The second-order valence-corrected chi connectivity index (χ2v) is 8.18. The van der Waals surface area contributed by atoms with Crippen LogP contribution in [0.1, 0.15) is 33.2 Å². The average Bonchev–Trinajstić information content (AvgIpc) is 2.94. The van der Waals surface area contributed by atoms with Crippen LogP contribution in [-0.4, -0.2) is 41.1 Å². The van der Waals surface area contributed by atoms with Gasteiger partial charge in [-0.15, -0.1) is 0 Å². The molecule has 0 aliphatic carbocycles. The highest BCUT2D eigenvalue weighted by molar-refractivity contribution is 5.93. The molecule has 156 valence electrons. The Labute approximate surface area is 166 Å². The van der Waals surface area contributed by atoms with E-state index in [4.69, 9.17) is 15.6 Å². The van der Waals surface area contributed by atoms with Crippen LogP contribution in [0.15, 0.2) is 17.1 Å². The number of hydrogen-bond acceptors (Lipinski definition) is 6. The lowest BCUT2D eigenvalue weighted by Gasteiger charge is -2.31. The topological polar surface area (TPSA) is 107 Å². The van der Waals surface area contributed by atoms with Gasteiger partial charge < -0.3 is 29.8 Å². The first-order chi connectivity index (χ1) is 13.6. The fourth-order valence-corrected chi connectivity index (χ4v) is 4.49. The van der Waals surface area contributed by atoms with Gasteiger partial charge in [-0.1, -0.05) is 6.92 Å². The number of carboxylic acid groups (broad SMARTS) is 1. The summed E-state index contributed by atoms with van der Waals surface area (Å²) in [5.74, 6) is -0.491. The summed E-state index contributed by atoms with van der Waals surface area (Å²) in [6, 6.07) is 0.942. The second kappa shape index (κ2) is 6.62. The van der Waals surface area contributed by atoms with Gasteiger partial charge in [-0.25, -0.2) is 9.18 Å². The number of pyridine rings is 1. The van der Waals surface area contributed by atoms with E-state index in [2.05, 4.69) is 11.7 Å². The highest BCUT2D eigenvalue weighted by Crippen LogP contribution is 2.44. The van der Waals surface area contributed by atoms with Crippen LogP contribution in [0.4, 0.5) is 14.9 Å². The summed E-state index contributed by atoms with van der Waals surface area (Å²) in [7, 11) is 0. The van der Waals surface area contributed by atoms with Crippen LogP contribution >= 0.6 is 0 Å². The molecule has 3 N–H and O–H groups in total. The maximum absolute atomic E-state index is 15.3. The molecule has 0 amide bonds. The largest absolute Gasteiger partial charge is 0.511 e. The first kappa shape index (κ1) is 19.5. The fraction of sp³-hybridized carbons (Fsp3) is 0.500. The summed E-state index contributed by atoms with van der Waals surface area (Å²) in [4.78, 5) is 25.6. The number of nitrogens with two attached hydrogens (primary N) is 1. The zero-order valence-electron chi connectivity index (χ0n) is 16.6. The third-order valence-electron chi connectivity index (χ3n) is 6.02. The lowest BCUT2D eigenvalue weighted by Crippen LogP contribution is -2.44. The monoisotopic (exact) mass is 405 g/mol. The third kappa shape index (κ3) is 3.00. The van der Waals surface area contributed by atoms with E-state index in [1.54, 1.807) is 4.57 Å². The first-order valence-electron chi connectivity index (χ1n) is 9.62. The Balaban J connectivity index is 1.95. The zero-order valence-corrected chi connectivity index (χ0v) is 16.6. The molecular weight excluding hydrogens is 381 g/mol. The number of rotatable bonds is 3. The van der Waals surface area contributed by atoms with Crippen molar-refractivity contribution in [1.82, 2.24) is 4.57 Å². The maximum atomic E-state index is 15.3. The number of hydrogen-bond donors (Lipinski definition) is 2. The van der Waals surface area contributed by atoms with Crippen molar-refractivity contribution in [2.75, 3.05) is 24.6 Å². The number of carbonyl (C=O) groups is 1. The predicted octanol–water partition coefficient (Wildman–Crippen LogP) is 2.71. The van der Waals surface area contributed by atoms with Gasteiger partial charge in [0.25, 0.3) is 0 Å². The lowest BCUT2D eigenvalue weighted by molar-refractivity contribution is 0.143. The molecule has 1 aromatic carbocycles. The Bertz CT molecular complexity index is 1060. The van der Waals surface area contributed by atoms with Crippen molar-refractivity contribution in [3.63, 3.8) is 0 Å². The van der Waals surface area contributed by atoms with E-state index in [9.17, 15) is 9.59 Å². The van der Waals surface area contributed by atoms with Crippen LogP contribution in [-0.2, 0) is 0 Å². The normalized spacial score (nSPS) is 25.9. The van der Waals surface area contributed by atoms with E-state index >= 15 is 4.39 Å². The predicted molar refractivity (Wildman–Crippen MR) is 106 cm³/mol. The van der Waals surface area contributed by atoms with Crippen molar-refractivity contribution in [2.24, 2.45) is 11.7 Å². The van der Waals surface area contributed by atoms with E-state index in [0.29, 0.717) is 18.6 Å². The van der Waals surface area contributed by atoms with E-state index in [-0.39, 0.29) is 41.1 Å². The number of ether oxygens (including phenoxy) is 2. The first-order valence-corrected chi connectivity index (χ1v) is 9.62. The third-order valence-corrected chi connectivity index (χ3v) is 6.02. The molecule has 0 bridgehead atoms. The molecular formula is C20H24FN3O5. The van der Waals surface area contributed by atoms with Crippen LogP contribution in [0, 0.1) is 11.7 Å². The van der Waals surface area contributed by atoms with Crippen LogP contribution < -0.4 is 25.5 Å². The van der Waals surface area contributed by atoms with E-state index in [1.807, 2.05) is 18.7 Å². The minimum atomic E-state index is -1.60. The Morgan fingerprint density at radius 1 is 1.52 bits per heavy atom. The van der Waals surface area contributed by atoms with Gasteiger partial charge in [0.15, 0.2) is 17.3 Å².